The number of nitrogens with two attached hydrogens (primary N) is 1. The molecule has 0 atom stereocenters. The minimum absolute atomic E-state index is 0.0210. The molecule has 0 saturated heterocycles. The molecule has 0 aliphatic carbocycles. The maximum absolute atomic E-state index is 12.2. The summed E-state index contributed by atoms with van der Waals surface area (Å²) in [5.41, 5.74) is 7.62. The fourth-order valence-corrected chi connectivity index (χ4v) is 2.01. The van der Waals surface area contributed by atoms with Gasteiger partial charge in [-0.2, -0.15) is 0 Å². The molecule has 17 heavy (non-hydrogen) atoms. The molecular formula is C13H19N3O. The highest BCUT2D eigenvalue weighted by molar-refractivity contribution is 5.75. The van der Waals surface area contributed by atoms with Crippen LogP contribution in [0.2, 0.25) is 0 Å². The number of rotatable bonds is 3. The normalized spacial score (nSPS) is 12.2. The second-order valence-corrected chi connectivity index (χ2v) is 5.28. The van der Waals surface area contributed by atoms with Gasteiger partial charge in [0.1, 0.15) is 0 Å². The molecule has 0 spiro atoms. The molecular weight excluding hydrogens is 214 g/mol. The number of hydrogen-bond donors (Lipinski definition) is 1. The number of aryl methyl sites for hydroxylation is 1. The van der Waals surface area contributed by atoms with Crippen LogP contribution in [0.3, 0.4) is 0 Å². The fourth-order valence-electron chi connectivity index (χ4n) is 2.01. The van der Waals surface area contributed by atoms with Gasteiger partial charge in [0.2, 0.25) is 0 Å². The van der Waals surface area contributed by atoms with Crippen LogP contribution in [0.5, 0.6) is 0 Å². The van der Waals surface area contributed by atoms with Crippen LogP contribution >= 0.6 is 0 Å². The van der Waals surface area contributed by atoms with E-state index in [4.69, 9.17) is 5.73 Å². The minimum Gasteiger partial charge on any atom is -0.330 e. The molecule has 0 bridgehead atoms. The number of aromatic nitrogens is 2. The second-order valence-electron chi connectivity index (χ2n) is 5.28. The molecule has 4 nitrogen and oxygen atoms in total. The first-order valence-corrected chi connectivity index (χ1v) is 5.80. The molecule has 92 valence electrons. The van der Waals surface area contributed by atoms with Crippen molar-refractivity contribution >= 4 is 11.0 Å². The van der Waals surface area contributed by atoms with Gasteiger partial charge in [0, 0.05) is 13.6 Å². The summed E-state index contributed by atoms with van der Waals surface area (Å²) in [5.74, 6) is 0. The van der Waals surface area contributed by atoms with Crippen molar-refractivity contribution in [3.05, 3.63) is 34.7 Å². The number of hydrogen-bond acceptors (Lipinski definition) is 2. The third-order valence-corrected chi connectivity index (χ3v) is 3.19. The summed E-state index contributed by atoms with van der Waals surface area (Å²) in [7, 11) is 1.80. The van der Waals surface area contributed by atoms with Crippen LogP contribution in [0.15, 0.2) is 29.1 Å². The zero-order valence-electron chi connectivity index (χ0n) is 10.6. The SMILES string of the molecule is Cn1c(=O)n(CC(C)(C)CN)c2ccccc21. The maximum atomic E-state index is 12.2. The maximum Gasteiger partial charge on any atom is 0.328 e. The Balaban J connectivity index is 2.62. The molecule has 0 aliphatic rings. The van der Waals surface area contributed by atoms with E-state index in [-0.39, 0.29) is 11.1 Å². The third kappa shape index (κ3) is 2.00. The van der Waals surface area contributed by atoms with Gasteiger partial charge in [-0.1, -0.05) is 26.0 Å². The zero-order valence-corrected chi connectivity index (χ0v) is 10.6. The lowest BCUT2D eigenvalue weighted by Gasteiger charge is -2.22. The summed E-state index contributed by atoms with van der Waals surface area (Å²) in [6.45, 7) is 5.34. The summed E-state index contributed by atoms with van der Waals surface area (Å²) < 4.78 is 3.49. The summed E-state index contributed by atoms with van der Waals surface area (Å²) in [4.78, 5) is 12.2. The molecule has 0 radical (unpaired) electrons. The molecule has 4 heteroatoms. The zero-order chi connectivity index (χ0) is 12.6. The smallest absolute Gasteiger partial charge is 0.328 e. The van der Waals surface area contributed by atoms with Gasteiger partial charge in [-0.25, -0.2) is 4.79 Å². The Kier molecular flexibility index (Phi) is 2.83. The monoisotopic (exact) mass is 233 g/mol. The lowest BCUT2D eigenvalue weighted by molar-refractivity contribution is 0.316. The number of imidazole rings is 1. The Morgan fingerprint density at radius 2 is 1.82 bits per heavy atom. The minimum atomic E-state index is -0.0754. The predicted molar refractivity (Wildman–Crippen MR) is 70.0 cm³/mol. The molecule has 0 aliphatic heterocycles. The predicted octanol–water partition coefficient (Wildman–Crippen LogP) is 1.32. The van der Waals surface area contributed by atoms with Gasteiger partial charge in [-0.15, -0.1) is 0 Å². The first-order valence-electron chi connectivity index (χ1n) is 5.80. The van der Waals surface area contributed by atoms with Gasteiger partial charge in [0.15, 0.2) is 0 Å². The summed E-state index contributed by atoms with van der Waals surface area (Å²) in [6.07, 6.45) is 0. The highest BCUT2D eigenvalue weighted by Crippen LogP contribution is 2.19. The van der Waals surface area contributed by atoms with Crippen molar-refractivity contribution in [1.29, 1.82) is 0 Å². The van der Waals surface area contributed by atoms with E-state index in [0.29, 0.717) is 13.1 Å². The molecule has 0 fully saturated rings. The highest BCUT2D eigenvalue weighted by atomic mass is 16.1. The lowest BCUT2D eigenvalue weighted by Crippen LogP contribution is -2.33. The Morgan fingerprint density at radius 1 is 1.24 bits per heavy atom. The van der Waals surface area contributed by atoms with Crippen LogP contribution in [-0.4, -0.2) is 15.7 Å². The highest BCUT2D eigenvalue weighted by Gasteiger charge is 2.20. The molecule has 2 rings (SSSR count). The number of fused-ring (bicyclic) bond motifs is 1. The van der Waals surface area contributed by atoms with Crippen molar-refractivity contribution in [3.63, 3.8) is 0 Å². The van der Waals surface area contributed by atoms with Crippen molar-refractivity contribution in [1.82, 2.24) is 9.13 Å². The van der Waals surface area contributed by atoms with Crippen LogP contribution in [0, 0.1) is 5.41 Å². The molecule has 1 aromatic carbocycles. The Hall–Kier alpha value is -1.55. The molecule has 1 heterocycles. The van der Waals surface area contributed by atoms with E-state index >= 15 is 0 Å². The van der Waals surface area contributed by atoms with Crippen LogP contribution in [0.25, 0.3) is 11.0 Å². The first kappa shape index (κ1) is 11.9. The van der Waals surface area contributed by atoms with Gasteiger partial charge < -0.3 is 5.73 Å². The third-order valence-electron chi connectivity index (χ3n) is 3.19. The van der Waals surface area contributed by atoms with E-state index in [1.165, 1.54) is 0 Å². The van der Waals surface area contributed by atoms with E-state index in [9.17, 15) is 4.79 Å². The van der Waals surface area contributed by atoms with Crippen molar-refractivity contribution in [2.75, 3.05) is 6.54 Å². The first-order chi connectivity index (χ1) is 7.96. The van der Waals surface area contributed by atoms with E-state index in [1.807, 2.05) is 28.8 Å². The standard InChI is InChI=1S/C13H19N3O/c1-13(2,8-14)9-16-11-7-5-4-6-10(11)15(3)12(16)17/h4-7H,8-9,14H2,1-3H3. The summed E-state index contributed by atoms with van der Waals surface area (Å²) in [6, 6.07) is 7.83. The Bertz CT molecular complexity index is 592. The Morgan fingerprint density at radius 3 is 2.41 bits per heavy atom. The quantitative estimate of drug-likeness (QED) is 0.869. The van der Waals surface area contributed by atoms with Crippen molar-refractivity contribution in [3.8, 4) is 0 Å². The van der Waals surface area contributed by atoms with Crippen LogP contribution < -0.4 is 11.4 Å². The van der Waals surface area contributed by atoms with Crippen LogP contribution in [0.1, 0.15) is 13.8 Å². The number of para-hydroxylation sites is 2. The average molecular weight is 233 g/mol. The topological polar surface area (TPSA) is 53.0 Å². The van der Waals surface area contributed by atoms with Crippen molar-refractivity contribution in [2.24, 2.45) is 18.2 Å². The molecule has 0 saturated carbocycles. The van der Waals surface area contributed by atoms with Gasteiger partial charge >= 0.3 is 5.69 Å². The van der Waals surface area contributed by atoms with E-state index < -0.39 is 0 Å². The summed E-state index contributed by atoms with van der Waals surface area (Å²) in [5, 5.41) is 0. The van der Waals surface area contributed by atoms with Crippen LogP contribution in [-0.2, 0) is 13.6 Å². The number of nitrogens with zero attached hydrogens (tertiary/aromatic N) is 2. The molecule has 2 N–H and O–H groups in total. The van der Waals surface area contributed by atoms with E-state index in [1.54, 1.807) is 11.6 Å². The van der Waals surface area contributed by atoms with Gasteiger partial charge in [0.05, 0.1) is 11.0 Å². The summed E-state index contributed by atoms with van der Waals surface area (Å²) >= 11 is 0. The van der Waals surface area contributed by atoms with E-state index in [2.05, 4.69) is 13.8 Å². The second kappa shape index (κ2) is 4.04. The molecule has 2 aromatic rings. The van der Waals surface area contributed by atoms with Crippen LogP contribution in [0.4, 0.5) is 0 Å². The largest absolute Gasteiger partial charge is 0.330 e. The van der Waals surface area contributed by atoms with Gasteiger partial charge in [0.25, 0.3) is 0 Å². The number of benzene rings is 1. The molecule has 1 aromatic heterocycles. The molecule has 0 unspecified atom stereocenters. The lowest BCUT2D eigenvalue weighted by atomic mass is 9.94. The molecule has 0 amide bonds. The van der Waals surface area contributed by atoms with Crippen molar-refractivity contribution in [2.45, 2.75) is 20.4 Å². The van der Waals surface area contributed by atoms with Crippen molar-refractivity contribution < 1.29 is 0 Å². The van der Waals surface area contributed by atoms with E-state index in [0.717, 1.165) is 11.0 Å². The van der Waals surface area contributed by atoms with Gasteiger partial charge in [-0.3, -0.25) is 9.13 Å². The van der Waals surface area contributed by atoms with Gasteiger partial charge in [-0.05, 0) is 24.1 Å². The average Bonchev–Trinajstić information content (AvgIpc) is 2.55. The fraction of sp³-hybridized carbons (Fsp3) is 0.462. The Labute approximate surface area is 101 Å².